The molecule has 0 aromatic rings. The van der Waals surface area contributed by atoms with Gasteiger partial charge in [-0.3, -0.25) is 38.4 Å². The van der Waals surface area contributed by atoms with E-state index in [0.717, 1.165) is 151 Å². The van der Waals surface area contributed by atoms with E-state index in [1.54, 1.807) is 6.08 Å². The summed E-state index contributed by atoms with van der Waals surface area (Å²) < 4.78 is 0. The highest BCUT2D eigenvalue weighted by molar-refractivity contribution is 5.87. The molecule has 568 valence electrons. The van der Waals surface area contributed by atoms with Crippen LogP contribution >= 0.6 is 0 Å². The summed E-state index contributed by atoms with van der Waals surface area (Å²) in [6, 6.07) is 0.222. The molecule has 0 spiro atoms. The molecule has 0 fully saturated rings. The molecule has 0 unspecified atom stereocenters. The summed E-state index contributed by atoms with van der Waals surface area (Å²) in [5.74, 6) is 10.8. The fraction of sp³-hybridized carbons (Fsp3) is 0.881. The topological polar surface area (TPSA) is 173 Å². The van der Waals surface area contributed by atoms with Crippen LogP contribution in [0.25, 0.3) is 0 Å². The second-order valence-electron chi connectivity index (χ2n) is 33.1. The van der Waals surface area contributed by atoms with Gasteiger partial charge in [0.05, 0.1) is 0 Å². The third-order valence-electron chi connectivity index (χ3n) is 14.4. The smallest absolute Gasteiger partial charge is 0.243 e. The Bertz CT molecular complexity index is 1740. The first-order valence-electron chi connectivity index (χ1n) is 38.8. The van der Waals surface area contributed by atoms with E-state index in [-0.39, 0.29) is 41.5 Å². The van der Waals surface area contributed by atoms with Crippen LogP contribution in [0.15, 0.2) is 12.2 Å². The summed E-state index contributed by atoms with van der Waals surface area (Å²) >= 11 is 0. The molecule has 11 heteroatoms. The Kier molecular flexibility index (Phi) is 82.8. The number of carbonyl (C=O) groups is 8. The number of allylic oxidation sites excluding steroid dienone is 1. The molecule has 0 aliphatic heterocycles. The van der Waals surface area contributed by atoms with Crippen molar-refractivity contribution in [2.75, 3.05) is 13.1 Å². The van der Waals surface area contributed by atoms with Gasteiger partial charge in [-0.05, 0) is 149 Å². The van der Waals surface area contributed by atoms with Gasteiger partial charge in [-0.1, -0.05) is 252 Å². The lowest BCUT2D eigenvalue weighted by molar-refractivity contribution is -0.124. The summed E-state index contributed by atoms with van der Waals surface area (Å²) in [7, 11) is 0. The van der Waals surface area contributed by atoms with E-state index in [1.165, 1.54) is 44.9 Å². The molecule has 0 saturated heterocycles. The van der Waals surface area contributed by atoms with Crippen molar-refractivity contribution in [1.82, 2.24) is 16.0 Å². The minimum Gasteiger partial charge on any atom is -0.356 e. The van der Waals surface area contributed by atoms with Crippen molar-refractivity contribution >= 4 is 46.6 Å². The van der Waals surface area contributed by atoms with Crippen LogP contribution in [-0.2, 0) is 38.4 Å². The van der Waals surface area contributed by atoms with E-state index in [9.17, 15) is 38.4 Å². The highest BCUT2D eigenvalue weighted by Gasteiger charge is 2.11. The zero-order valence-corrected chi connectivity index (χ0v) is 69.5. The van der Waals surface area contributed by atoms with Crippen molar-refractivity contribution in [1.29, 1.82) is 0 Å². The number of hydrogen-bond acceptors (Lipinski definition) is 8. The third-order valence-corrected chi connectivity index (χ3v) is 14.4. The van der Waals surface area contributed by atoms with Gasteiger partial charge >= 0.3 is 0 Å². The molecular weight excluding hydrogens is 1180 g/mol. The molecular formula is C84H169N3O8. The van der Waals surface area contributed by atoms with Gasteiger partial charge in [0.2, 0.25) is 17.7 Å². The van der Waals surface area contributed by atoms with Crippen LogP contribution in [-0.4, -0.2) is 65.8 Å². The van der Waals surface area contributed by atoms with Crippen LogP contribution in [0.4, 0.5) is 0 Å². The minimum atomic E-state index is -0.00583. The number of nitrogens with one attached hydrogen (secondary N) is 3. The van der Waals surface area contributed by atoms with Gasteiger partial charge in [-0.2, -0.15) is 0 Å². The van der Waals surface area contributed by atoms with Gasteiger partial charge in [0, 0.05) is 94.7 Å². The molecule has 0 bridgehead atoms. The van der Waals surface area contributed by atoms with Gasteiger partial charge < -0.3 is 16.0 Å². The van der Waals surface area contributed by atoms with Gasteiger partial charge in [-0.25, -0.2) is 0 Å². The number of hydrogen-bond donors (Lipinski definition) is 3. The highest BCUT2D eigenvalue weighted by Crippen LogP contribution is 2.15. The second-order valence-corrected chi connectivity index (χ2v) is 33.1. The zero-order chi connectivity index (χ0) is 75.8. The number of unbranched alkanes of at least 4 members (excludes halogenated alkanes) is 1. The van der Waals surface area contributed by atoms with E-state index >= 15 is 0 Å². The van der Waals surface area contributed by atoms with Gasteiger partial charge in [-0.15, -0.1) is 0 Å². The zero-order valence-electron chi connectivity index (χ0n) is 69.5. The molecule has 0 aliphatic rings. The summed E-state index contributed by atoms with van der Waals surface area (Å²) in [5, 5.41) is 8.57. The lowest BCUT2D eigenvalue weighted by Crippen LogP contribution is -2.28. The molecule has 0 heterocycles. The first kappa shape index (κ1) is 107. The normalized spacial score (nSPS) is 11.1. The van der Waals surface area contributed by atoms with Gasteiger partial charge in [0.25, 0.3) is 0 Å². The van der Waals surface area contributed by atoms with Gasteiger partial charge in [0.1, 0.15) is 28.9 Å². The minimum absolute atomic E-state index is 0.00583. The fourth-order valence-corrected chi connectivity index (χ4v) is 8.29. The molecule has 95 heavy (non-hydrogen) atoms. The van der Waals surface area contributed by atoms with Crippen molar-refractivity contribution in [3.8, 4) is 0 Å². The number of carbonyl (C=O) groups excluding carboxylic acids is 8. The average molecular weight is 1350 g/mol. The summed E-state index contributed by atoms with van der Waals surface area (Å²) in [4.78, 5) is 89.3. The Hall–Kier alpha value is -3.50. The van der Waals surface area contributed by atoms with Crippen LogP contribution in [0.2, 0.25) is 0 Å². The number of rotatable bonds is 43. The number of amides is 3. The molecule has 0 radical (unpaired) electrons. The molecule has 3 N–H and O–H groups in total. The van der Waals surface area contributed by atoms with E-state index in [4.69, 9.17) is 0 Å². The fourth-order valence-electron chi connectivity index (χ4n) is 8.29. The Balaban J connectivity index is -0.000000152. The summed E-state index contributed by atoms with van der Waals surface area (Å²) in [6.07, 6.45) is 27.3. The number of Topliss-reactive ketones (excluding diaryl/α,β-unsaturated/α-hetero) is 5. The maximum atomic E-state index is 11.3. The quantitative estimate of drug-likeness (QED) is 0.0400. The molecule has 11 nitrogen and oxygen atoms in total. The first-order chi connectivity index (χ1) is 43.7. The van der Waals surface area contributed by atoms with Crippen LogP contribution in [0.3, 0.4) is 0 Å². The van der Waals surface area contributed by atoms with Crippen molar-refractivity contribution in [3.05, 3.63) is 12.2 Å². The van der Waals surface area contributed by atoms with E-state index in [0.29, 0.717) is 70.8 Å². The van der Waals surface area contributed by atoms with E-state index < -0.39 is 0 Å². The first-order valence-corrected chi connectivity index (χ1v) is 38.8. The van der Waals surface area contributed by atoms with Crippen LogP contribution < -0.4 is 16.0 Å². The Morgan fingerprint density at radius 2 is 0.621 bits per heavy atom. The molecule has 0 aliphatic carbocycles. The summed E-state index contributed by atoms with van der Waals surface area (Å²) in [5.41, 5.74) is 0. The average Bonchev–Trinajstić information content (AvgIpc) is 3.64. The lowest BCUT2D eigenvalue weighted by atomic mass is 10.00. The second kappa shape index (κ2) is 73.2. The third kappa shape index (κ3) is 115. The van der Waals surface area contributed by atoms with Crippen molar-refractivity contribution < 1.29 is 38.4 Å². The van der Waals surface area contributed by atoms with Crippen LogP contribution in [0, 0.1) is 88.8 Å². The Morgan fingerprint density at radius 3 is 0.937 bits per heavy atom. The maximum Gasteiger partial charge on any atom is 0.243 e. The molecule has 0 rings (SSSR count). The highest BCUT2D eigenvalue weighted by atomic mass is 16.2. The molecule has 0 aromatic heterocycles. The molecule has 0 aromatic carbocycles. The molecule has 0 saturated carbocycles. The monoisotopic (exact) mass is 1350 g/mol. The van der Waals surface area contributed by atoms with Crippen LogP contribution in [0.1, 0.15) is 376 Å². The largest absolute Gasteiger partial charge is 0.356 e. The maximum absolute atomic E-state index is 11.3. The predicted molar refractivity (Wildman–Crippen MR) is 417 cm³/mol. The molecule has 0 atom stereocenters. The lowest BCUT2D eigenvalue weighted by Gasteiger charge is -2.08. The standard InChI is InChI=1S/C12H24O.3C11H22O.2C10H21NO.C10H20O.C9H17NO/c1-10(2)6-5-7-12(13)9-8-11(3)4;2*1-9(2)6-5-7-11(12)8-10(3)4;1-9(2)7-5-6-8-11(12)10(3)4;1-8(2)5-6-10(12)11-7-9(3)4;1-8(2)6-5-7-11-10(12)9(3)4;1-8(2)6-5-7-10(11)9(3)4;1-7(2)5-6-9(11)10-8(3)4/h10-11H,5-9H2,1-4H3;3*9-10H,5-8H2,1-4H3;2*8-9H,5-7H2,1-4H3,(H,11,12);8-9H,5-7H2,1-4H3;5-8H,1-4H3,(H,10,11)/b;;;;;;;6-5+. The molecule has 3 amide bonds. The van der Waals surface area contributed by atoms with Crippen molar-refractivity contribution in [2.24, 2.45) is 88.8 Å². The van der Waals surface area contributed by atoms with Crippen molar-refractivity contribution in [2.45, 2.75) is 382 Å². The van der Waals surface area contributed by atoms with E-state index in [2.05, 4.69) is 168 Å². The number of ketones is 5. The van der Waals surface area contributed by atoms with E-state index in [1.807, 2.05) is 75.3 Å². The SMILES string of the molecule is CC(C)/C=C/C(=O)NC(C)C.CC(C)CCC(=O)NCC(C)C.CC(C)CCCC(=O)C(C)C.CC(C)CCCC(=O)CC(C)C.CC(C)CCCC(=O)CC(C)C.CC(C)CCCC(=O)CCC(C)C.CC(C)CCCCC(=O)C(C)C.CC(C)CCCNC(=O)C(C)C. The van der Waals surface area contributed by atoms with Crippen molar-refractivity contribution in [3.63, 3.8) is 0 Å². The Labute approximate surface area is 593 Å². The van der Waals surface area contributed by atoms with Crippen LogP contribution in [0.5, 0.6) is 0 Å². The summed E-state index contributed by atoms with van der Waals surface area (Å²) in [6.45, 7) is 69.0. The predicted octanol–water partition coefficient (Wildman–Crippen LogP) is 23.3. The van der Waals surface area contributed by atoms with Gasteiger partial charge in [0.15, 0.2) is 0 Å². The Morgan fingerprint density at radius 1 is 0.295 bits per heavy atom.